The topological polar surface area (TPSA) is 35.5 Å². The first-order chi connectivity index (χ1) is 5.72. The minimum atomic E-state index is -0.0965. The van der Waals surface area contributed by atoms with Crippen LogP contribution in [-0.2, 0) is 13.7 Å². The highest BCUT2D eigenvalue weighted by molar-refractivity contribution is 14.2. The molecule has 1 saturated heterocycles. The summed E-state index contributed by atoms with van der Waals surface area (Å²) in [6.45, 7) is 2.56. The van der Waals surface area contributed by atoms with Crippen molar-refractivity contribution in [2.45, 2.75) is 25.9 Å². The molecule has 0 bridgehead atoms. The van der Waals surface area contributed by atoms with Crippen LogP contribution in [0.15, 0.2) is 0 Å². The van der Waals surface area contributed by atoms with Crippen molar-refractivity contribution in [3.63, 3.8) is 0 Å². The van der Waals surface area contributed by atoms with Gasteiger partial charge in [0.25, 0.3) is 0 Å². The third-order valence-electron chi connectivity index (χ3n) is 1.78. The van der Waals surface area contributed by atoms with Gasteiger partial charge in [0.2, 0.25) is 0 Å². The first kappa shape index (κ1) is 10.6. The second-order valence-electron chi connectivity index (χ2n) is 3.00. The Morgan fingerprint density at radius 2 is 2.58 bits per heavy atom. The zero-order valence-corrected chi connectivity index (χ0v) is 9.76. The van der Waals surface area contributed by atoms with Crippen molar-refractivity contribution in [1.29, 1.82) is 0 Å². The smallest absolute Gasteiger partial charge is 0.306 e. The zero-order valence-electron chi connectivity index (χ0n) is 6.79. The van der Waals surface area contributed by atoms with Crippen molar-refractivity contribution in [3.05, 3.63) is 0 Å². The molecule has 0 N–H and O–H groups in total. The quantitative estimate of drug-likeness (QED) is 0.455. The van der Waals surface area contributed by atoms with Crippen molar-refractivity contribution >= 4 is 36.4 Å². The fourth-order valence-electron chi connectivity index (χ4n) is 1.30. The molecule has 12 heavy (non-hydrogen) atoms. The summed E-state index contributed by atoms with van der Waals surface area (Å²) >= 11 is 2.05. The van der Waals surface area contributed by atoms with E-state index in [1.54, 1.807) is 0 Å². The molecule has 1 rings (SSSR count). The molecule has 1 aliphatic rings. The van der Waals surface area contributed by atoms with Crippen LogP contribution in [0.2, 0.25) is 0 Å². The molecular weight excluding hydrogens is 291 g/mol. The Morgan fingerprint density at radius 3 is 3.17 bits per heavy atom. The number of hydrogen-bond donors (Lipinski definition) is 0. The van der Waals surface area contributed by atoms with Crippen molar-refractivity contribution in [1.82, 2.24) is 0 Å². The monoisotopic (exact) mass is 302 g/mol. The van der Waals surface area contributed by atoms with Gasteiger partial charge in [-0.15, -0.1) is 0 Å². The number of ether oxygens (including phenoxy) is 1. The van der Waals surface area contributed by atoms with E-state index in [1.807, 2.05) is 21.2 Å². The standard InChI is InChI=1S/C7H11IO3S/c1-5-2-6(4-10-12-8)11-7(9)3-5/h5-6H,2-4H2,1H3. The third kappa shape index (κ3) is 3.49. The number of halogens is 1. The van der Waals surface area contributed by atoms with Gasteiger partial charge in [-0.2, -0.15) is 0 Å². The van der Waals surface area contributed by atoms with Crippen molar-refractivity contribution in [2.75, 3.05) is 6.61 Å². The van der Waals surface area contributed by atoms with E-state index >= 15 is 0 Å². The van der Waals surface area contributed by atoms with Crippen molar-refractivity contribution in [3.8, 4) is 0 Å². The summed E-state index contributed by atoms with van der Waals surface area (Å²) in [5.74, 6) is 0.333. The lowest BCUT2D eigenvalue weighted by Crippen LogP contribution is -2.31. The summed E-state index contributed by atoms with van der Waals surface area (Å²) in [7, 11) is 1.28. The van der Waals surface area contributed by atoms with Crippen LogP contribution in [0.5, 0.6) is 0 Å². The summed E-state index contributed by atoms with van der Waals surface area (Å²) < 4.78 is 10.2. The average Bonchev–Trinajstić information content (AvgIpc) is 1.99. The maximum atomic E-state index is 11.0. The average molecular weight is 302 g/mol. The number of hydrogen-bond acceptors (Lipinski definition) is 4. The summed E-state index contributed by atoms with van der Waals surface area (Å²) in [5, 5.41) is 0. The van der Waals surface area contributed by atoms with Crippen LogP contribution in [-0.4, -0.2) is 18.7 Å². The van der Waals surface area contributed by atoms with Crippen molar-refractivity contribution < 1.29 is 13.7 Å². The van der Waals surface area contributed by atoms with Crippen LogP contribution in [0.25, 0.3) is 0 Å². The highest BCUT2D eigenvalue weighted by atomic mass is 127. The largest absolute Gasteiger partial charge is 0.460 e. The van der Waals surface area contributed by atoms with E-state index in [0.29, 0.717) is 18.9 Å². The number of carbonyl (C=O) groups is 1. The molecule has 2 unspecified atom stereocenters. The zero-order chi connectivity index (χ0) is 8.97. The number of carbonyl (C=O) groups excluding carboxylic acids is 1. The van der Waals surface area contributed by atoms with Crippen LogP contribution >= 0.6 is 30.4 Å². The summed E-state index contributed by atoms with van der Waals surface area (Å²) in [5.41, 5.74) is 0. The highest BCUT2D eigenvalue weighted by Crippen LogP contribution is 2.22. The van der Waals surface area contributed by atoms with E-state index < -0.39 is 0 Å². The molecule has 0 radical (unpaired) electrons. The molecule has 1 fully saturated rings. The Bertz CT molecular complexity index is 165. The molecule has 1 aliphatic heterocycles. The van der Waals surface area contributed by atoms with E-state index in [0.717, 1.165) is 6.42 Å². The van der Waals surface area contributed by atoms with Gasteiger partial charge in [0.05, 0.1) is 15.8 Å². The van der Waals surface area contributed by atoms with E-state index in [2.05, 4.69) is 6.92 Å². The molecular formula is C7H11IO3S. The molecule has 0 aliphatic carbocycles. The van der Waals surface area contributed by atoms with Gasteiger partial charge in [-0.25, -0.2) is 0 Å². The molecule has 0 spiro atoms. The van der Waals surface area contributed by atoms with E-state index in [4.69, 9.17) is 8.92 Å². The Balaban J connectivity index is 2.29. The lowest BCUT2D eigenvalue weighted by Gasteiger charge is -2.25. The molecule has 0 aromatic rings. The molecule has 5 heteroatoms. The van der Waals surface area contributed by atoms with Crippen LogP contribution in [0, 0.1) is 5.92 Å². The van der Waals surface area contributed by atoms with Crippen LogP contribution in [0.1, 0.15) is 19.8 Å². The molecule has 2 atom stereocenters. The Morgan fingerprint density at radius 1 is 1.83 bits per heavy atom. The predicted octanol–water partition coefficient (Wildman–Crippen LogP) is 2.34. The lowest BCUT2D eigenvalue weighted by molar-refractivity contribution is -0.157. The van der Waals surface area contributed by atoms with Crippen LogP contribution in [0.3, 0.4) is 0 Å². The minimum absolute atomic E-state index is 0.0384. The van der Waals surface area contributed by atoms with E-state index in [-0.39, 0.29) is 12.1 Å². The Kier molecular flexibility index (Phi) is 4.66. The van der Waals surface area contributed by atoms with Crippen LogP contribution in [0.4, 0.5) is 0 Å². The fraction of sp³-hybridized carbons (Fsp3) is 0.857. The predicted molar refractivity (Wildman–Crippen MR) is 55.8 cm³/mol. The Hall–Kier alpha value is 0.510. The summed E-state index contributed by atoms with van der Waals surface area (Å²) in [6.07, 6.45) is 1.43. The van der Waals surface area contributed by atoms with E-state index in [9.17, 15) is 4.79 Å². The maximum absolute atomic E-state index is 11.0. The van der Waals surface area contributed by atoms with Gasteiger partial charge in [-0.05, 0) is 12.3 Å². The van der Waals surface area contributed by atoms with Gasteiger partial charge in [0, 0.05) is 27.6 Å². The fourth-order valence-corrected chi connectivity index (χ4v) is 1.95. The molecule has 0 amide bonds. The second-order valence-corrected chi connectivity index (χ2v) is 4.44. The molecule has 0 aromatic heterocycles. The number of rotatable bonds is 3. The maximum Gasteiger partial charge on any atom is 0.306 e. The SMILES string of the molecule is CC1CC(=O)OC(COSI)C1. The number of esters is 1. The Labute approximate surface area is 88.4 Å². The van der Waals surface area contributed by atoms with Gasteiger partial charge in [-0.3, -0.25) is 4.79 Å². The van der Waals surface area contributed by atoms with Gasteiger partial charge in [0.1, 0.15) is 6.10 Å². The van der Waals surface area contributed by atoms with Gasteiger partial charge in [-0.1, -0.05) is 6.92 Å². The molecule has 0 aromatic carbocycles. The molecule has 3 nitrogen and oxygen atoms in total. The van der Waals surface area contributed by atoms with Gasteiger partial charge < -0.3 is 8.92 Å². The molecule has 70 valence electrons. The van der Waals surface area contributed by atoms with Crippen LogP contribution < -0.4 is 0 Å². The van der Waals surface area contributed by atoms with Crippen molar-refractivity contribution in [2.24, 2.45) is 5.92 Å². The molecule has 0 saturated carbocycles. The normalized spacial score (nSPS) is 30.0. The van der Waals surface area contributed by atoms with Gasteiger partial charge in [0.15, 0.2) is 0 Å². The first-order valence-corrected chi connectivity index (χ1v) is 7.10. The van der Waals surface area contributed by atoms with Gasteiger partial charge >= 0.3 is 5.97 Å². The lowest BCUT2D eigenvalue weighted by atomic mass is 9.98. The van der Waals surface area contributed by atoms with E-state index in [1.165, 1.54) is 9.21 Å². The number of cyclic esters (lactones) is 1. The highest BCUT2D eigenvalue weighted by Gasteiger charge is 2.25. The third-order valence-corrected chi connectivity index (χ3v) is 2.76. The summed E-state index contributed by atoms with van der Waals surface area (Å²) in [4.78, 5) is 11.0. The molecule has 1 heterocycles. The second kappa shape index (κ2) is 5.29. The minimum Gasteiger partial charge on any atom is -0.460 e. The first-order valence-electron chi connectivity index (χ1n) is 3.82. The summed E-state index contributed by atoms with van der Waals surface area (Å²) in [6, 6.07) is 0.